The van der Waals surface area contributed by atoms with E-state index in [-0.39, 0.29) is 5.56 Å². The molecular weight excluding hydrogens is 305 g/mol. The number of carbonyl (C=O) groups excluding carboxylic acids is 1. The number of amides is 1. The molecule has 0 saturated carbocycles. The molecule has 1 aromatic carbocycles. The van der Waals surface area contributed by atoms with E-state index in [0.29, 0.717) is 5.13 Å². The van der Waals surface area contributed by atoms with Gasteiger partial charge in [-0.05, 0) is 19.1 Å². The molecule has 0 bridgehead atoms. The fourth-order valence-corrected chi connectivity index (χ4v) is 2.37. The Morgan fingerprint density at radius 1 is 1.38 bits per heavy atom. The number of aryl methyl sites for hydroxylation is 1. The van der Waals surface area contributed by atoms with Crippen molar-refractivity contribution in [2.45, 2.75) is 13.1 Å². The fourth-order valence-electron chi connectivity index (χ4n) is 1.71. The number of thiazole rings is 1. The molecule has 0 unspecified atom stereocenters. The van der Waals surface area contributed by atoms with Gasteiger partial charge in [-0.3, -0.25) is 16.0 Å². The first-order chi connectivity index (χ1) is 9.82. The van der Waals surface area contributed by atoms with Crippen LogP contribution in [0.4, 0.5) is 24.0 Å². The number of hydrogen-bond donors (Lipinski definition) is 3. The van der Waals surface area contributed by atoms with E-state index in [1.807, 2.05) is 5.43 Å². The third-order valence-corrected chi connectivity index (χ3v) is 3.43. The van der Waals surface area contributed by atoms with E-state index >= 15 is 0 Å². The summed E-state index contributed by atoms with van der Waals surface area (Å²) < 4.78 is 38.6. The van der Waals surface area contributed by atoms with E-state index in [9.17, 15) is 18.0 Å². The number of alkyl halides is 3. The Kier molecular flexibility index (Phi) is 4.14. The average Bonchev–Trinajstić information content (AvgIpc) is 2.82. The Morgan fingerprint density at radius 3 is 2.62 bits per heavy atom. The molecule has 9 heteroatoms. The summed E-state index contributed by atoms with van der Waals surface area (Å²) >= 11 is 1.22. The molecule has 0 aliphatic heterocycles. The molecule has 0 radical (unpaired) electrons. The maximum absolute atomic E-state index is 12.9. The Hall–Kier alpha value is -2.13. The zero-order valence-corrected chi connectivity index (χ0v) is 11.6. The van der Waals surface area contributed by atoms with Crippen molar-refractivity contribution in [3.05, 3.63) is 40.4 Å². The van der Waals surface area contributed by atoms with E-state index in [1.54, 1.807) is 13.1 Å². The minimum absolute atomic E-state index is 0.208. The Balaban J connectivity index is 2.37. The molecule has 2 rings (SSSR count). The number of nitrogens with one attached hydrogen (secondary N) is 2. The van der Waals surface area contributed by atoms with E-state index in [4.69, 9.17) is 5.84 Å². The van der Waals surface area contributed by atoms with Crippen LogP contribution in [0.5, 0.6) is 0 Å². The molecule has 0 spiro atoms. The molecule has 1 amide bonds. The fraction of sp³-hybridized carbons (Fsp3) is 0.167. The molecule has 0 atom stereocenters. The van der Waals surface area contributed by atoms with Crippen molar-refractivity contribution in [2.75, 3.05) is 10.7 Å². The zero-order valence-electron chi connectivity index (χ0n) is 10.8. The van der Waals surface area contributed by atoms with Gasteiger partial charge in [0, 0.05) is 11.1 Å². The van der Waals surface area contributed by atoms with Crippen LogP contribution in [0.3, 0.4) is 0 Å². The van der Waals surface area contributed by atoms with Crippen LogP contribution >= 0.6 is 11.3 Å². The monoisotopic (exact) mass is 316 g/mol. The van der Waals surface area contributed by atoms with Gasteiger partial charge in [-0.2, -0.15) is 13.2 Å². The lowest BCUT2D eigenvalue weighted by Gasteiger charge is -2.15. The van der Waals surface area contributed by atoms with Gasteiger partial charge in [0.05, 0.1) is 16.8 Å². The molecule has 0 saturated heterocycles. The summed E-state index contributed by atoms with van der Waals surface area (Å²) in [5.74, 6) is 4.42. The van der Waals surface area contributed by atoms with Crippen LogP contribution in [0.15, 0.2) is 24.4 Å². The van der Waals surface area contributed by atoms with Crippen LogP contribution < -0.4 is 16.6 Å². The third-order valence-electron chi connectivity index (χ3n) is 2.60. The molecule has 0 aliphatic carbocycles. The predicted octanol–water partition coefficient (Wildman–Crippen LogP) is 3.01. The second-order valence-corrected chi connectivity index (χ2v) is 5.34. The average molecular weight is 316 g/mol. The number of anilines is 2. The van der Waals surface area contributed by atoms with Crippen LogP contribution in [0.2, 0.25) is 0 Å². The SMILES string of the molecule is Cc1cnc(NC(=O)c2cccc(C(F)(F)F)c2NN)s1. The summed E-state index contributed by atoms with van der Waals surface area (Å²) in [6.45, 7) is 1.80. The van der Waals surface area contributed by atoms with Gasteiger partial charge in [0.25, 0.3) is 5.91 Å². The molecule has 0 fully saturated rings. The lowest BCUT2D eigenvalue weighted by atomic mass is 10.1. The van der Waals surface area contributed by atoms with E-state index in [2.05, 4.69) is 10.3 Å². The van der Waals surface area contributed by atoms with Gasteiger partial charge in [0.1, 0.15) is 0 Å². The van der Waals surface area contributed by atoms with E-state index in [1.165, 1.54) is 17.4 Å². The summed E-state index contributed by atoms with van der Waals surface area (Å²) in [4.78, 5) is 16.9. The summed E-state index contributed by atoms with van der Waals surface area (Å²) in [6.07, 6.45) is -3.07. The van der Waals surface area contributed by atoms with Gasteiger partial charge in [0.2, 0.25) is 0 Å². The van der Waals surface area contributed by atoms with Crippen molar-refractivity contribution in [2.24, 2.45) is 5.84 Å². The smallest absolute Gasteiger partial charge is 0.323 e. The second-order valence-electron chi connectivity index (χ2n) is 4.10. The van der Waals surface area contributed by atoms with E-state index < -0.39 is 23.3 Å². The Morgan fingerprint density at radius 2 is 2.10 bits per heavy atom. The highest BCUT2D eigenvalue weighted by molar-refractivity contribution is 7.15. The van der Waals surface area contributed by atoms with E-state index in [0.717, 1.165) is 17.0 Å². The van der Waals surface area contributed by atoms with Gasteiger partial charge < -0.3 is 5.43 Å². The zero-order chi connectivity index (χ0) is 15.6. The van der Waals surface area contributed by atoms with Gasteiger partial charge in [-0.1, -0.05) is 6.07 Å². The largest absolute Gasteiger partial charge is 0.418 e. The molecule has 1 heterocycles. The van der Waals surface area contributed by atoms with Crippen molar-refractivity contribution in [3.8, 4) is 0 Å². The number of rotatable bonds is 3. The first-order valence-corrected chi connectivity index (χ1v) is 6.55. The number of hydrogen-bond acceptors (Lipinski definition) is 5. The number of nitrogens with two attached hydrogens (primary N) is 1. The van der Waals surface area contributed by atoms with Crippen LogP contribution in [0.25, 0.3) is 0 Å². The van der Waals surface area contributed by atoms with Crippen LogP contribution in [0, 0.1) is 6.92 Å². The van der Waals surface area contributed by atoms with Crippen LogP contribution in [-0.4, -0.2) is 10.9 Å². The maximum atomic E-state index is 12.9. The molecule has 5 nitrogen and oxygen atoms in total. The molecule has 112 valence electrons. The third kappa shape index (κ3) is 3.31. The first kappa shape index (κ1) is 15.3. The normalized spacial score (nSPS) is 11.3. The summed E-state index contributed by atoms with van der Waals surface area (Å²) in [5.41, 5.74) is 0.254. The lowest BCUT2D eigenvalue weighted by molar-refractivity contribution is -0.137. The second kappa shape index (κ2) is 5.70. The predicted molar refractivity (Wildman–Crippen MR) is 74.1 cm³/mol. The highest BCUT2D eigenvalue weighted by atomic mass is 32.1. The summed E-state index contributed by atoms with van der Waals surface area (Å²) in [5, 5.41) is 2.74. The lowest BCUT2D eigenvalue weighted by Crippen LogP contribution is -2.21. The van der Waals surface area contributed by atoms with Crippen molar-refractivity contribution >= 4 is 28.1 Å². The topological polar surface area (TPSA) is 80.0 Å². The highest BCUT2D eigenvalue weighted by Gasteiger charge is 2.35. The van der Waals surface area contributed by atoms with Crippen molar-refractivity contribution in [1.82, 2.24) is 4.98 Å². The van der Waals surface area contributed by atoms with Crippen LogP contribution in [0.1, 0.15) is 20.8 Å². The number of nitrogens with zero attached hydrogens (tertiary/aromatic N) is 1. The molecule has 2 aromatic rings. The minimum Gasteiger partial charge on any atom is -0.323 e. The molecule has 0 aliphatic rings. The number of hydrazine groups is 1. The Labute approximate surface area is 122 Å². The van der Waals surface area contributed by atoms with Crippen LogP contribution in [-0.2, 0) is 6.18 Å². The number of benzene rings is 1. The quantitative estimate of drug-likeness (QED) is 0.601. The molecule has 21 heavy (non-hydrogen) atoms. The number of halogens is 3. The minimum atomic E-state index is -4.62. The van der Waals surface area contributed by atoms with Gasteiger partial charge in [-0.15, -0.1) is 11.3 Å². The van der Waals surface area contributed by atoms with Gasteiger partial charge >= 0.3 is 6.18 Å². The molecular formula is C12H11F3N4OS. The number of aromatic nitrogens is 1. The number of carbonyl (C=O) groups is 1. The Bertz CT molecular complexity index is 669. The number of para-hydroxylation sites is 1. The maximum Gasteiger partial charge on any atom is 0.418 e. The van der Waals surface area contributed by atoms with Gasteiger partial charge in [-0.25, -0.2) is 4.98 Å². The summed E-state index contributed by atoms with van der Waals surface area (Å²) in [7, 11) is 0. The van der Waals surface area contributed by atoms with Crippen molar-refractivity contribution in [3.63, 3.8) is 0 Å². The molecule has 1 aromatic heterocycles. The first-order valence-electron chi connectivity index (χ1n) is 5.73. The van der Waals surface area contributed by atoms with Gasteiger partial charge in [0.15, 0.2) is 5.13 Å². The molecule has 4 N–H and O–H groups in total. The number of nitrogen functional groups attached to an aromatic ring is 1. The highest BCUT2D eigenvalue weighted by Crippen LogP contribution is 2.36. The van der Waals surface area contributed by atoms with Crippen molar-refractivity contribution in [1.29, 1.82) is 0 Å². The summed E-state index contributed by atoms with van der Waals surface area (Å²) in [6, 6.07) is 3.24. The standard InChI is InChI=1S/C12H11F3N4OS/c1-6-5-17-11(21-6)18-10(20)7-3-2-4-8(9(7)19-16)12(13,14)15/h2-5,19H,16H2,1H3,(H,17,18,20). The van der Waals surface area contributed by atoms with Crippen molar-refractivity contribution < 1.29 is 18.0 Å².